The Hall–Kier alpha value is -2.96. The number of anilines is 1. The van der Waals surface area contributed by atoms with Gasteiger partial charge in [0.15, 0.2) is 0 Å². The number of rotatable bonds is 7. The van der Waals surface area contributed by atoms with Crippen LogP contribution in [0, 0.1) is 0 Å². The third-order valence-electron chi connectivity index (χ3n) is 4.01. The molecule has 3 aromatic carbocycles. The van der Waals surface area contributed by atoms with Crippen LogP contribution >= 0.6 is 0 Å². The summed E-state index contributed by atoms with van der Waals surface area (Å²) in [5, 5.41) is 2.76. The summed E-state index contributed by atoms with van der Waals surface area (Å²) in [7, 11) is -3.61. The van der Waals surface area contributed by atoms with E-state index in [9.17, 15) is 13.2 Å². The molecule has 0 spiro atoms. The second kappa shape index (κ2) is 8.62. The Morgan fingerprint density at radius 1 is 0.778 bits per heavy atom. The molecule has 1 amide bonds. The Kier molecular flexibility index (Phi) is 6.01. The number of para-hydroxylation sites is 1. The Morgan fingerprint density at radius 2 is 1.37 bits per heavy atom. The molecule has 27 heavy (non-hydrogen) atoms. The van der Waals surface area contributed by atoms with E-state index >= 15 is 0 Å². The van der Waals surface area contributed by atoms with Crippen LogP contribution in [0.1, 0.15) is 15.9 Å². The van der Waals surface area contributed by atoms with Gasteiger partial charge in [-0.05, 0) is 48.4 Å². The van der Waals surface area contributed by atoms with Crippen LogP contribution in [0.25, 0.3) is 0 Å². The van der Waals surface area contributed by atoms with Crippen molar-refractivity contribution in [2.24, 2.45) is 0 Å². The topological polar surface area (TPSA) is 75.3 Å². The average molecular weight is 380 g/mol. The van der Waals surface area contributed by atoms with E-state index in [0.717, 1.165) is 5.56 Å². The molecule has 0 aliphatic rings. The van der Waals surface area contributed by atoms with Crippen LogP contribution in [0.4, 0.5) is 5.69 Å². The standard InChI is InChI=1S/C21H20N2O3S/c24-21(23-19-9-5-2-6-10-19)18-11-13-20(14-12-18)27(25,26)22-16-15-17-7-3-1-4-8-17/h1-14,22H,15-16H2,(H,23,24). The zero-order chi connectivity index (χ0) is 19.1. The maximum atomic E-state index is 12.4. The highest BCUT2D eigenvalue weighted by Gasteiger charge is 2.14. The summed E-state index contributed by atoms with van der Waals surface area (Å²) < 4.78 is 27.3. The van der Waals surface area contributed by atoms with E-state index in [0.29, 0.717) is 24.2 Å². The van der Waals surface area contributed by atoms with Gasteiger partial charge in [0.25, 0.3) is 5.91 Å². The van der Waals surface area contributed by atoms with Crippen molar-refractivity contribution in [3.8, 4) is 0 Å². The largest absolute Gasteiger partial charge is 0.322 e. The first-order chi connectivity index (χ1) is 13.0. The van der Waals surface area contributed by atoms with Crippen molar-refractivity contribution < 1.29 is 13.2 Å². The Bertz CT molecular complexity index is 987. The van der Waals surface area contributed by atoms with Gasteiger partial charge in [0.2, 0.25) is 10.0 Å². The highest BCUT2D eigenvalue weighted by Crippen LogP contribution is 2.13. The molecule has 2 N–H and O–H groups in total. The molecule has 0 bridgehead atoms. The fourth-order valence-electron chi connectivity index (χ4n) is 2.57. The van der Waals surface area contributed by atoms with Gasteiger partial charge in [0, 0.05) is 17.8 Å². The minimum atomic E-state index is -3.61. The number of amides is 1. The van der Waals surface area contributed by atoms with Crippen LogP contribution in [0.5, 0.6) is 0 Å². The molecule has 6 heteroatoms. The Balaban J connectivity index is 1.60. The molecule has 0 aromatic heterocycles. The molecule has 0 unspecified atom stereocenters. The van der Waals surface area contributed by atoms with Gasteiger partial charge in [0.1, 0.15) is 0 Å². The molecule has 0 saturated heterocycles. The van der Waals surface area contributed by atoms with E-state index in [1.54, 1.807) is 12.1 Å². The van der Waals surface area contributed by atoms with Crippen molar-refractivity contribution in [2.45, 2.75) is 11.3 Å². The molecule has 0 saturated carbocycles. The summed E-state index contributed by atoms with van der Waals surface area (Å²) in [5.41, 5.74) is 2.14. The van der Waals surface area contributed by atoms with Crippen molar-refractivity contribution >= 4 is 21.6 Å². The van der Waals surface area contributed by atoms with Gasteiger partial charge in [0.05, 0.1) is 4.90 Å². The normalized spacial score (nSPS) is 11.1. The highest BCUT2D eigenvalue weighted by molar-refractivity contribution is 7.89. The summed E-state index contributed by atoms with van der Waals surface area (Å²) in [4.78, 5) is 12.4. The SMILES string of the molecule is O=C(Nc1ccccc1)c1ccc(S(=O)(=O)NCCc2ccccc2)cc1. The van der Waals surface area contributed by atoms with Crippen LogP contribution in [0.15, 0.2) is 89.8 Å². The van der Waals surface area contributed by atoms with E-state index < -0.39 is 10.0 Å². The average Bonchev–Trinajstić information content (AvgIpc) is 2.69. The lowest BCUT2D eigenvalue weighted by atomic mass is 10.2. The number of nitrogens with one attached hydrogen (secondary N) is 2. The number of hydrogen-bond donors (Lipinski definition) is 2. The molecular weight excluding hydrogens is 360 g/mol. The van der Waals surface area contributed by atoms with Gasteiger partial charge >= 0.3 is 0 Å². The first-order valence-electron chi connectivity index (χ1n) is 8.55. The van der Waals surface area contributed by atoms with Crippen LogP contribution in [-0.4, -0.2) is 20.9 Å². The van der Waals surface area contributed by atoms with Crippen molar-refractivity contribution in [2.75, 3.05) is 11.9 Å². The quantitative estimate of drug-likeness (QED) is 0.659. The van der Waals surface area contributed by atoms with E-state index in [-0.39, 0.29) is 10.8 Å². The Labute approximate surface area is 159 Å². The summed E-state index contributed by atoms with van der Waals surface area (Å²) in [6.45, 7) is 0.308. The van der Waals surface area contributed by atoms with Gasteiger partial charge in [-0.25, -0.2) is 13.1 Å². The van der Waals surface area contributed by atoms with Crippen molar-refractivity contribution in [3.05, 3.63) is 96.1 Å². The third-order valence-corrected chi connectivity index (χ3v) is 5.48. The third kappa shape index (κ3) is 5.26. The van der Waals surface area contributed by atoms with Crippen molar-refractivity contribution in [3.63, 3.8) is 0 Å². The number of sulfonamides is 1. The molecule has 5 nitrogen and oxygen atoms in total. The summed E-state index contributed by atoms with van der Waals surface area (Å²) in [6.07, 6.45) is 0.609. The molecule has 0 atom stereocenters. The minimum Gasteiger partial charge on any atom is -0.322 e. The maximum Gasteiger partial charge on any atom is 0.255 e. The number of hydrogen-bond acceptors (Lipinski definition) is 3. The van der Waals surface area contributed by atoms with E-state index in [4.69, 9.17) is 0 Å². The van der Waals surface area contributed by atoms with Gasteiger partial charge in [-0.3, -0.25) is 4.79 Å². The van der Waals surface area contributed by atoms with Gasteiger partial charge < -0.3 is 5.32 Å². The molecular formula is C21H20N2O3S. The van der Waals surface area contributed by atoms with Gasteiger partial charge in [-0.1, -0.05) is 48.5 Å². The molecule has 3 rings (SSSR count). The van der Waals surface area contributed by atoms with E-state index in [2.05, 4.69) is 10.0 Å². The van der Waals surface area contributed by atoms with Gasteiger partial charge in [-0.2, -0.15) is 0 Å². The fraction of sp³-hybridized carbons (Fsp3) is 0.0952. The molecule has 3 aromatic rings. The first kappa shape index (κ1) is 18.8. The number of carbonyl (C=O) groups excluding carboxylic acids is 1. The van der Waals surface area contributed by atoms with Gasteiger partial charge in [-0.15, -0.1) is 0 Å². The number of benzene rings is 3. The van der Waals surface area contributed by atoms with Crippen molar-refractivity contribution in [1.82, 2.24) is 4.72 Å². The van der Waals surface area contributed by atoms with Crippen LogP contribution in [0.3, 0.4) is 0 Å². The highest BCUT2D eigenvalue weighted by atomic mass is 32.2. The van der Waals surface area contributed by atoms with Crippen LogP contribution in [0.2, 0.25) is 0 Å². The molecule has 138 valence electrons. The molecule has 0 fully saturated rings. The molecule has 0 aliphatic heterocycles. The lowest BCUT2D eigenvalue weighted by Crippen LogP contribution is -2.26. The zero-order valence-electron chi connectivity index (χ0n) is 14.6. The zero-order valence-corrected chi connectivity index (χ0v) is 15.4. The molecule has 0 heterocycles. The minimum absolute atomic E-state index is 0.131. The summed E-state index contributed by atoms with van der Waals surface area (Å²) in [6, 6.07) is 24.6. The smallest absolute Gasteiger partial charge is 0.255 e. The maximum absolute atomic E-state index is 12.4. The lowest BCUT2D eigenvalue weighted by Gasteiger charge is -2.08. The van der Waals surface area contributed by atoms with Crippen LogP contribution in [-0.2, 0) is 16.4 Å². The monoisotopic (exact) mass is 380 g/mol. The Morgan fingerprint density at radius 3 is 2.00 bits per heavy atom. The van der Waals surface area contributed by atoms with E-state index in [1.807, 2.05) is 48.5 Å². The first-order valence-corrected chi connectivity index (χ1v) is 10.0. The molecule has 0 aliphatic carbocycles. The van der Waals surface area contributed by atoms with Crippen molar-refractivity contribution in [1.29, 1.82) is 0 Å². The molecule has 0 radical (unpaired) electrons. The summed E-state index contributed by atoms with van der Waals surface area (Å²) >= 11 is 0. The fourth-order valence-corrected chi connectivity index (χ4v) is 3.60. The number of carbonyl (C=O) groups is 1. The lowest BCUT2D eigenvalue weighted by molar-refractivity contribution is 0.102. The predicted molar refractivity (Wildman–Crippen MR) is 106 cm³/mol. The summed E-state index contributed by atoms with van der Waals surface area (Å²) in [5.74, 6) is -0.290. The van der Waals surface area contributed by atoms with Crippen LogP contribution < -0.4 is 10.0 Å². The second-order valence-electron chi connectivity index (χ2n) is 5.98. The van der Waals surface area contributed by atoms with E-state index in [1.165, 1.54) is 24.3 Å². The predicted octanol–water partition coefficient (Wildman–Crippen LogP) is 3.46. The second-order valence-corrected chi connectivity index (χ2v) is 7.74.